The molecule has 1 aromatic rings. The first-order valence-corrected chi connectivity index (χ1v) is 5.14. The zero-order valence-electron chi connectivity index (χ0n) is 8.85. The molecule has 1 rings (SSSR count). The van der Waals surface area contributed by atoms with Crippen molar-refractivity contribution in [2.45, 2.75) is 12.0 Å². The van der Waals surface area contributed by atoms with Crippen LogP contribution < -0.4 is 4.74 Å². The molecule has 88 valence electrons. The maximum Gasteiger partial charge on any atom is 0.325 e. The van der Waals surface area contributed by atoms with Crippen molar-refractivity contribution >= 4 is 17.6 Å². The van der Waals surface area contributed by atoms with Crippen LogP contribution in [0.4, 0.5) is 0 Å². The summed E-state index contributed by atoms with van der Waals surface area (Å²) in [5.74, 6) is -0.504. The Hall–Kier alpha value is -1.26. The van der Waals surface area contributed by atoms with E-state index in [1.807, 2.05) is 12.1 Å². The number of benzene rings is 1. The van der Waals surface area contributed by atoms with Crippen LogP contribution in [0, 0.1) is 0 Å². The lowest BCUT2D eigenvalue weighted by molar-refractivity contribution is -0.137. The van der Waals surface area contributed by atoms with Crippen molar-refractivity contribution in [1.29, 1.82) is 0 Å². The molecule has 1 unspecified atom stereocenters. The zero-order chi connectivity index (χ0) is 12.0. The summed E-state index contributed by atoms with van der Waals surface area (Å²) in [6, 6.07) is 7.24. The number of aliphatic carboxylic acids is 1. The summed E-state index contributed by atoms with van der Waals surface area (Å²) in [6.07, 6.45) is 0. The molecule has 1 atom stereocenters. The van der Waals surface area contributed by atoms with E-state index in [2.05, 4.69) is 0 Å². The summed E-state index contributed by atoms with van der Waals surface area (Å²) >= 11 is 5.52. The van der Waals surface area contributed by atoms with Gasteiger partial charge in [0.2, 0.25) is 0 Å². The van der Waals surface area contributed by atoms with Gasteiger partial charge >= 0.3 is 5.97 Å². The second-order valence-electron chi connectivity index (χ2n) is 3.20. The number of alkyl halides is 1. The van der Waals surface area contributed by atoms with Gasteiger partial charge in [0.25, 0.3) is 0 Å². The summed E-state index contributed by atoms with van der Waals surface area (Å²) < 4.78 is 10.2. The quantitative estimate of drug-likeness (QED) is 0.777. The van der Waals surface area contributed by atoms with Crippen molar-refractivity contribution in [3.8, 4) is 5.75 Å². The Bertz CT molecular complexity index is 354. The minimum atomic E-state index is -1.09. The van der Waals surface area contributed by atoms with Gasteiger partial charge in [0.15, 0.2) is 5.38 Å². The Morgan fingerprint density at radius 2 is 2.31 bits per heavy atom. The van der Waals surface area contributed by atoms with Crippen LogP contribution in [0.15, 0.2) is 24.3 Å². The fourth-order valence-corrected chi connectivity index (χ4v) is 1.20. The van der Waals surface area contributed by atoms with E-state index in [4.69, 9.17) is 26.2 Å². The second kappa shape index (κ2) is 6.35. The Morgan fingerprint density at radius 1 is 1.56 bits per heavy atom. The minimum absolute atomic E-state index is 0.0622. The van der Waals surface area contributed by atoms with Crippen LogP contribution in [0.5, 0.6) is 5.75 Å². The van der Waals surface area contributed by atoms with Gasteiger partial charge in [-0.2, -0.15) is 0 Å². The van der Waals surface area contributed by atoms with Gasteiger partial charge in [0.05, 0.1) is 6.61 Å². The molecular formula is C11H13ClO4. The van der Waals surface area contributed by atoms with Crippen molar-refractivity contribution in [2.24, 2.45) is 0 Å². The molecule has 0 spiro atoms. The highest BCUT2D eigenvalue weighted by molar-refractivity contribution is 6.29. The molecule has 0 fully saturated rings. The average molecular weight is 245 g/mol. The van der Waals surface area contributed by atoms with Gasteiger partial charge in [0, 0.05) is 7.11 Å². The molecule has 0 saturated heterocycles. The lowest BCUT2D eigenvalue weighted by Crippen LogP contribution is -2.21. The molecule has 5 heteroatoms. The lowest BCUT2D eigenvalue weighted by atomic mass is 10.2. The number of carboxylic acid groups (broad SMARTS) is 1. The Labute approximate surface area is 98.7 Å². The van der Waals surface area contributed by atoms with E-state index < -0.39 is 11.3 Å². The van der Waals surface area contributed by atoms with E-state index >= 15 is 0 Å². The third-order valence-electron chi connectivity index (χ3n) is 1.87. The van der Waals surface area contributed by atoms with Gasteiger partial charge < -0.3 is 14.6 Å². The predicted octanol–water partition coefficient (Wildman–Crippen LogP) is 1.90. The van der Waals surface area contributed by atoms with Gasteiger partial charge in [-0.05, 0) is 17.7 Å². The largest absolute Gasteiger partial charge is 0.491 e. The maximum absolute atomic E-state index is 10.5. The first-order valence-electron chi connectivity index (χ1n) is 4.71. The highest BCUT2D eigenvalue weighted by atomic mass is 35.5. The van der Waals surface area contributed by atoms with E-state index in [-0.39, 0.29) is 6.61 Å². The normalized spacial score (nSPS) is 12.1. The summed E-state index contributed by atoms with van der Waals surface area (Å²) in [7, 11) is 1.60. The van der Waals surface area contributed by atoms with Crippen molar-refractivity contribution in [3.05, 3.63) is 29.8 Å². The Balaban J connectivity index is 2.53. The summed E-state index contributed by atoms with van der Waals surface area (Å²) in [5, 5.41) is 7.53. The molecule has 1 N–H and O–H groups in total. The van der Waals surface area contributed by atoms with E-state index in [1.54, 1.807) is 19.2 Å². The van der Waals surface area contributed by atoms with E-state index in [1.165, 1.54) is 0 Å². The number of carbonyl (C=O) groups is 1. The van der Waals surface area contributed by atoms with Crippen LogP contribution in [-0.2, 0) is 16.1 Å². The summed E-state index contributed by atoms with van der Waals surface area (Å²) in [6.45, 7) is 0.424. The maximum atomic E-state index is 10.5. The van der Waals surface area contributed by atoms with Crippen LogP contribution in [0.2, 0.25) is 0 Å². The van der Waals surface area contributed by atoms with Gasteiger partial charge in [-0.15, -0.1) is 11.6 Å². The number of hydrogen-bond donors (Lipinski definition) is 1. The predicted molar refractivity (Wildman–Crippen MR) is 59.9 cm³/mol. The van der Waals surface area contributed by atoms with Gasteiger partial charge in [-0.3, -0.25) is 4.79 Å². The highest BCUT2D eigenvalue weighted by Gasteiger charge is 2.14. The summed E-state index contributed by atoms with van der Waals surface area (Å²) in [5.41, 5.74) is 0.960. The topological polar surface area (TPSA) is 55.8 Å². The van der Waals surface area contributed by atoms with Gasteiger partial charge in [0.1, 0.15) is 12.4 Å². The molecule has 0 aliphatic carbocycles. The molecule has 0 aromatic heterocycles. The van der Waals surface area contributed by atoms with Crippen LogP contribution in [-0.4, -0.2) is 30.2 Å². The van der Waals surface area contributed by atoms with E-state index in [0.29, 0.717) is 12.4 Å². The van der Waals surface area contributed by atoms with E-state index in [9.17, 15) is 4.79 Å². The van der Waals surface area contributed by atoms with Gasteiger partial charge in [-0.1, -0.05) is 12.1 Å². The smallest absolute Gasteiger partial charge is 0.325 e. The molecule has 0 aliphatic rings. The van der Waals surface area contributed by atoms with Crippen LogP contribution >= 0.6 is 11.6 Å². The molecule has 0 bridgehead atoms. The van der Waals surface area contributed by atoms with Crippen LogP contribution in [0.25, 0.3) is 0 Å². The molecule has 0 radical (unpaired) electrons. The third kappa shape index (κ3) is 4.08. The second-order valence-corrected chi connectivity index (χ2v) is 3.72. The van der Waals surface area contributed by atoms with Gasteiger partial charge in [-0.25, -0.2) is 0 Å². The van der Waals surface area contributed by atoms with Crippen molar-refractivity contribution in [2.75, 3.05) is 13.7 Å². The van der Waals surface area contributed by atoms with Crippen LogP contribution in [0.1, 0.15) is 5.56 Å². The fraction of sp³-hybridized carbons (Fsp3) is 0.364. The van der Waals surface area contributed by atoms with E-state index in [0.717, 1.165) is 5.56 Å². The molecule has 16 heavy (non-hydrogen) atoms. The molecule has 0 amide bonds. The van der Waals surface area contributed by atoms with Crippen molar-refractivity contribution in [3.63, 3.8) is 0 Å². The average Bonchev–Trinajstić information content (AvgIpc) is 2.26. The monoisotopic (exact) mass is 244 g/mol. The minimum Gasteiger partial charge on any atom is -0.491 e. The molecule has 0 aliphatic heterocycles. The van der Waals surface area contributed by atoms with Crippen molar-refractivity contribution in [1.82, 2.24) is 0 Å². The number of methoxy groups -OCH3 is 1. The zero-order valence-corrected chi connectivity index (χ0v) is 9.61. The standard InChI is InChI=1S/C11H13ClO4/c1-15-6-8-3-2-4-9(5-8)16-7-10(12)11(13)14/h2-5,10H,6-7H2,1H3,(H,13,14). The summed E-state index contributed by atoms with van der Waals surface area (Å²) in [4.78, 5) is 10.5. The molecular weight excluding hydrogens is 232 g/mol. The number of ether oxygens (including phenoxy) is 2. The highest BCUT2D eigenvalue weighted by Crippen LogP contribution is 2.14. The Kier molecular flexibility index (Phi) is 5.08. The number of halogens is 1. The molecule has 0 saturated carbocycles. The lowest BCUT2D eigenvalue weighted by Gasteiger charge is -2.09. The fourth-order valence-electron chi connectivity index (χ4n) is 1.13. The molecule has 0 heterocycles. The number of rotatable bonds is 6. The first-order chi connectivity index (χ1) is 7.63. The van der Waals surface area contributed by atoms with Crippen LogP contribution in [0.3, 0.4) is 0 Å². The Morgan fingerprint density at radius 3 is 2.94 bits per heavy atom. The molecule has 4 nitrogen and oxygen atoms in total. The third-order valence-corrected chi connectivity index (χ3v) is 2.19. The SMILES string of the molecule is COCc1cccc(OCC(Cl)C(=O)O)c1. The first kappa shape index (κ1) is 12.8. The molecule has 1 aromatic carbocycles. The number of carboxylic acids is 1. The number of hydrogen-bond acceptors (Lipinski definition) is 3. The van der Waals surface area contributed by atoms with Crippen molar-refractivity contribution < 1.29 is 19.4 Å².